The van der Waals surface area contributed by atoms with Crippen LogP contribution in [0.25, 0.3) is 10.9 Å². The van der Waals surface area contributed by atoms with Gasteiger partial charge in [-0.25, -0.2) is 14.8 Å². The van der Waals surface area contributed by atoms with Crippen LogP contribution < -0.4 is 5.73 Å². The van der Waals surface area contributed by atoms with E-state index >= 15 is 0 Å². The second-order valence-corrected chi connectivity index (χ2v) is 6.91. The van der Waals surface area contributed by atoms with E-state index in [4.69, 9.17) is 15.7 Å². The number of nitrogens with zero attached hydrogens (tertiary/aromatic N) is 5. The van der Waals surface area contributed by atoms with Crippen molar-refractivity contribution >= 4 is 34.5 Å². The molecule has 0 aliphatic heterocycles. The van der Waals surface area contributed by atoms with Gasteiger partial charge in [-0.2, -0.15) is 5.26 Å². The number of fused-ring (bicyclic) bond motifs is 1. The number of methoxy groups -OCH3 is 1. The van der Waals surface area contributed by atoms with Crippen molar-refractivity contribution in [2.75, 3.05) is 12.8 Å². The monoisotopic (exact) mass is 368 g/mol. The maximum Gasteiger partial charge on any atom is 0.340 e. The molecule has 0 aliphatic rings. The number of nitrogen functional groups attached to an aromatic ring is 1. The summed E-state index contributed by atoms with van der Waals surface area (Å²) in [6.45, 7) is 1.94. The zero-order chi connectivity index (χ0) is 18.8. The molecule has 3 aromatic rings. The number of hydrogen-bond donors (Lipinski definition) is 1. The van der Waals surface area contributed by atoms with Crippen LogP contribution in [0.1, 0.15) is 33.9 Å². The molecule has 3 aromatic heterocycles. The molecule has 0 spiro atoms. The van der Waals surface area contributed by atoms with Gasteiger partial charge in [0.2, 0.25) is 0 Å². The second-order valence-electron chi connectivity index (χ2n) is 5.60. The van der Waals surface area contributed by atoms with Gasteiger partial charge in [-0.15, -0.1) is 0 Å². The van der Waals surface area contributed by atoms with Crippen LogP contribution in [0, 0.1) is 11.3 Å². The summed E-state index contributed by atoms with van der Waals surface area (Å²) in [5.74, 6) is -0.156. The molecule has 26 heavy (non-hydrogen) atoms. The van der Waals surface area contributed by atoms with E-state index < -0.39 is 5.97 Å². The number of carbonyl (C=O) groups is 1. The van der Waals surface area contributed by atoms with Crippen LogP contribution in [0.5, 0.6) is 0 Å². The molecule has 0 aromatic carbocycles. The van der Waals surface area contributed by atoms with Gasteiger partial charge in [-0.3, -0.25) is 4.98 Å². The number of carbonyl (C=O) groups excluding carboxylic acids is 1. The summed E-state index contributed by atoms with van der Waals surface area (Å²) in [4.78, 5) is 24.8. The zero-order valence-corrected chi connectivity index (χ0v) is 15.2. The number of aryl methyl sites for hydroxylation is 1. The molecular weight excluding hydrogens is 352 g/mol. The van der Waals surface area contributed by atoms with Gasteiger partial charge in [0.25, 0.3) is 0 Å². The molecule has 0 bridgehead atoms. The van der Waals surface area contributed by atoms with Crippen molar-refractivity contribution in [1.29, 1.82) is 5.26 Å². The van der Waals surface area contributed by atoms with Crippen molar-refractivity contribution in [1.82, 2.24) is 19.5 Å². The van der Waals surface area contributed by atoms with Gasteiger partial charge < -0.3 is 15.0 Å². The van der Waals surface area contributed by atoms with Crippen LogP contribution in [0.4, 0.5) is 5.82 Å². The standard InChI is InChI=1S/C17H16N6O2S/c1-9(26-17-21-10(6-18)4-15(19)22-17)13-5-11-12(16(24)25-3)8-23(2)14(11)7-20-13/h4-5,7-9H,1-3H3,(H2,19,21,22). The van der Waals surface area contributed by atoms with Crippen molar-refractivity contribution < 1.29 is 9.53 Å². The molecule has 9 heteroatoms. The van der Waals surface area contributed by atoms with Crippen LogP contribution in [0.2, 0.25) is 0 Å². The first-order valence-electron chi connectivity index (χ1n) is 7.67. The van der Waals surface area contributed by atoms with Gasteiger partial charge in [-0.1, -0.05) is 11.8 Å². The third-order valence-corrected chi connectivity index (χ3v) is 4.83. The fourth-order valence-electron chi connectivity index (χ4n) is 2.56. The van der Waals surface area contributed by atoms with Crippen LogP contribution >= 0.6 is 11.8 Å². The number of nitrogens with two attached hydrogens (primary N) is 1. The van der Waals surface area contributed by atoms with Crippen molar-refractivity contribution in [3.05, 3.63) is 41.5 Å². The van der Waals surface area contributed by atoms with E-state index in [9.17, 15) is 4.79 Å². The van der Waals surface area contributed by atoms with Crippen molar-refractivity contribution in [3.63, 3.8) is 0 Å². The topological polar surface area (TPSA) is 120 Å². The fourth-order valence-corrected chi connectivity index (χ4v) is 3.44. The highest BCUT2D eigenvalue weighted by molar-refractivity contribution is 7.99. The molecule has 0 saturated heterocycles. The third-order valence-electron chi connectivity index (χ3n) is 3.84. The lowest BCUT2D eigenvalue weighted by Gasteiger charge is -2.10. The molecule has 0 amide bonds. The minimum Gasteiger partial charge on any atom is -0.465 e. The Balaban J connectivity index is 1.96. The normalized spacial score (nSPS) is 11.9. The number of rotatable bonds is 4. The molecule has 8 nitrogen and oxygen atoms in total. The number of pyridine rings is 1. The van der Waals surface area contributed by atoms with Crippen LogP contribution in [-0.2, 0) is 11.8 Å². The van der Waals surface area contributed by atoms with E-state index in [2.05, 4.69) is 15.0 Å². The maximum atomic E-state index is 12.0. The summed E-state index contributed by atoms with van der Waals surface area (Å²) in [5, 5.41) is 10.1. The van der Waals surface area contributed by atoms with E-state index in [1.165, 1.54) is 24.9 Å². The Labute approximate surface area is 154 Å². The van der Waals surface area contributed by atoms with Crippen molar-refractivity contribution in [2.24, 2.45) is 7.05 Å². The summed E-state index contributed by atoms with van der Waals surface area (Å²) in [7, 11) is 3.20. The molecule has 132 valence electrons. The third kappa shape index (κ3) is 3.32. The van der Waals surface area contributed by atoms with Gasteiger partial charge in [0, 0.05) is 24.7 Å². The molecule has 1 atom stereocenters. The van der Waals surface area contributed by atoms with Crippen LogP contribution in [0.15, 0.2) is 29.7 Å². The first-order chi connectivity index (χ1) is 12.4. The number of hydrogen-bond acceptors (Lipinski definition) is 8. The largest absolute Gasteiger partial charge is 0.465 e. The van der Waals surface area contributed by atoms with E-state index in [-0.39, 0.29) is 16.8 Å². The molecule has 3 rings (SSSR count). The average Bonchev–Trinajstić information content (AvgIpc) is 2.96. The molecular formula is C17H16N6O2S. The smallest absolute Gasteiger partial charge is 0.340 e. The fraction of sp³-hybridized carbons (Fsp3) is 0.235. The lowest BCUT2D eigenvalue weighted by atomic mass is 10.1. The van der Waals surface area contributed by atoms with E-state index in [1.807, 2.05) is 30.7 Å². The molecule has 1 unspecified atom stereocenters. The van der Waals surface area contributed by atoms with Crippen molar-refractivity contribution in [2.45, 2.75) is 17.3 Å². The van der Waals surface area contributed by atoms with Gasteiger partial charge in [-0.05, 0) is 13.0 Å². The summed E-state index contributed by atoms with van der Waals surface area (Å²) < 4.78 is 6.68. The molecule has 3 heterocycles. The number of aromatic nitrogens is 4. The number of thioether (sulfide) groups is 1. The highest BCUT2D eigenvalue weighted by Gasteiger charge is 2.18. The number of esters is 1. The van der Waals surface area contributed by atoms with Gasteiger partial charge in [0.1, 0.15) is 17.6 Å². The Morgan fingerprint density at radius 3 is 2.88 bits per heavy atom. The Bertz CT molecular complexity index is 1040. The lowest BCUT2D eigenvalue weighted by Crippen LogP contribution is -2.01. The minimum atomic E-state index is -0.397. The van der Waals surface area contributed by atoms with Gasteiger partial charge in [0.15, 0.2) is 5.16 Å². The number of anilines is 1. The summed E-state index contributed by atoms with van der Waals surface area (Å²) >= 11 is 1.34. The summed E-state index contributed by atoms with van der Waals surface area (Å²) in [6.07, 6.45) is 3.44. The maximum absolute atomic E-state index is 12.0. The highest BCUT2D eigenvalue weighted by atomic mass is 32.2. The summed E-state index contributed by atoms with van der Waals surface area (Å²) in [6, 6.07) is 5.24. The van der Waals surface area contributed by atoms with Crippen LogP contribution in [0.3, 0.4) is 0 Å². The SMILES string of the molecule is COC(=O)c1cn(C)c2cnc(C(C)Sc3nc(N)cc(C#N)n3)cc12. The van der Waals surface area contributed by atoms with Gasteiger partial charge >= 0.3 is 5.97 Å². The van der Waals surface area contributed by atoms with E-state index in [0.717, 1.165) is 16.6 Å². The van der Waals surface area contributed by atoms with E-state index in [1.54, 1.807) is 12.4 Å². The first kappa shape index (κ1) is 17.7. The molecule has 0 aliphatic carbocycles. The van der Waals surface area contributed by atoms with E-state index in [0.29, 0.717) is 10.7 Å². The predicted octanol–water partition coefficient (Wildman–Crippen LogP) is 2.46. The minimum absolute atomic E-state index is 0.113. The Morgan fingerprint density at radius 1 is 1.42 bits per heavy atom. The van der Waals surface area contributed by atoms with Crippen molar-refractivity contribution in [3.8, 4) is 6.07 Å². The molecule has 0 radical (unpaired) electrons. The zero-order valence-electron chi connectivity index (χ0n) is 14.4. The predicted molar refractivity (Wildman–Crippen MR) is 97.5 cm³/mol. The second kappa shape index (κ2) is 7.01. The number of nitriles is 1. The molecule has 0 saturated carbocycles. The molecule has 2 N–H and O–H groups in total. The lowest BCUT2D eigenvalue weighted by molar-refractivity contribution is 0.0603. The Kier molecular flexibility index (Phi) is 4.77. The first-order valence-corrected chi connectivity index (χ1v) is 8.55. The Hall–Kier alpha value is -3.12. The molecule has 0 fully saturated rings. The number of ether oxygens (including phenoxy) is 1. The van der Waals surface area contributed by atoms with Gasteiger partial charge in [0.05, 0.1) is 35.3 Å². The highest BCUT2D eigenvalue weighted by Crippen LogP contribution is 2.34. The Morgan fingerprint density at radius 2 is 2.19 bits per heavy atom. The summed E-state index contributed by atoms with van der Waals surface area (Å²) in [5.41, 5.74) is 7.99. The van der Waals surface area contributed by atoms with Crippen LogP contribution in [-0.4, -0.2) is 32.6 Å². The average molecular weight is 368 g/mol. The quantitative estimate of drug-likeness (QED) is 0.423.